The van der Waals surface area contributed by atoms with Gasteiger partial charge < -0.3 is 0 Å². The van der Waals surface area contributed by atoms with Gasteiger partial charge in [-0.2, -0.15) is 13.2 Å². The van der Waals surface area contributed by atoms with Gasteiger partial charge in [-0.3, -0.25) is 4.90 Å². The number of hydrogen-bond donors (Lipinski definition) is 0. The fourth-order valence-electron chi connectivity index (χ4n) is 1.14. The molecule has 86 valence electrons. The molecule has 0 aliphatic rings. The molecule has 14 heavy (non-hydrogen) atoms. The molecule has 0 bridgehead atoms. The topological polar surface area (TPSA) is 3.24 Å². The van der Waals surface area contributed by atoms with Gasteiger partial charge in [-0.1, -0.05) is 6.92 Å². The molecule has 0 saturated carbocycles. The van der Waals surface area contributed by atoms with E-state index >= 15 is 0 Å². The van der Waals surface area contributed by atoms with Gasteiger partial charge in [0.2, 0.25) is 0 Å². The van der Waals surface area contributed by atoms with E-state index in [1.54, 1.807) is 13.8 Å². The van der Waals surface area contributed by atoms with Crippen LogP contribution in [0.3, 0.4) is 0 Å². The Morgan fingerprint density at radius 3 is 2.00 bits per heavy atom. The van der Waals surface area contributed by atoms with Gasteiger partial charge in [-0.05, 0) is 19.8 Å². The van der Waals surface area contributed by atoms with Crippen LogP contribution < -0.4 is 0 Å². The Labute approximate surface area is 88.2 Å². The summed E-state index contributed by atoms with van der Waals surface area (Å²) in [6, 6.07) is -0.109. The molecule has 0 aromatic heterocycles. The lowest BCUT2D eigenvalue weighted by Crippen LogP contribution is -2.41. The van der Waals surface area contributed by atoms with Gasteiger partial charge in [0.25, 0.3) is 0 Å². The Bertz CT molecular complexity index is 159. The van der Waals surface area contributed by atoms with Crippen molar-refractivity contribution in [2.24, 2.45) is 5.92 Å². The van der Waals surface area contributed by atoms with Gasteiger partial charge in [0.05, 0.1) is 6.54 Å². The molecule has 0 aromatic carbocycles. The van der Waals surface area contributed by atoms with Gasteiger partial charge in [0, 0.05) is 18.5 Å². The van der Waals surface area contributed by atoms with E-state index in [1.807, 2.05) is 6.92 Å². The second-order valence-electron chi connectivity index (χ2n) is 3.90. The van der Waals surface area contributed by atoms with Crippen molar-refractivity contribution in [2.45, 2.75) is 33.0 Å². The quantitative estimate of drug-likeness (QED) is 0.657. The third-order valence-electron chi connectivity index (χ3n) is 1.92. The van der Waals surface area contributed by atoms with Crippen LogP contribution in [0.15, 0.2) is 0 Å². The minimum Gasteiger partial charge on any atom is -0.292 e. The summed E-state index contributed by atoms with van der Waals surface area (Å²) >= 11 is 5.56. The second kappa shape index (κ2) is 5.81. The molecule has 0 amide bonds. The van der Waals surface area contributed by atoms with Crippen LogP contribution in [0.2, 0.25) is 0 Å². The highest BCUT2D eigenvalue weighted by Gasteiger charge is 2.32. The largest absolute Gasteiger partial charge is 0.401 e. The van der Waals surface area contributed by atoms with Crippen molar-refractivity contribution in [3.05, 3.63) is 0 Å². The molecule has 0 rings (SSSR count). The van der Waals surface area contributed by atoms with Crippen molar-refractivity contribution in [3.8, 4) is 0 Å². The predicted molar refractivity (Wildman–Crippen MR) is 52.6 cm³/mol. The van der Waals surface area contributed by atoms with E-state index in [2.05, 4.69) is 0 Å². The molecule has 1 nitrogen and oxygen atoms in total. The van der Waals surface area contributed by atoms with Crippen LogP contribution in [0.25, 0.3) is 0 Å². The van der Waals surface area contributed by atoms with Crippen molar-refractivity contribution < 1.29 is 13.2 Å². The first-order valence-corrected chi connectivity index (χ1v) is 5.16. The Balaban J connectivity index is 4.16. The second-order valence-corrected chi connectivity index (χ2v) is 4.21. The Morgan fingerprint density at radius 1 is 1.21 bits per heavy atom. The summed E-state index contributed by atoms with van der Waals surface area (Å²) in [5.41, 5.74) is 0. The number of rotatable bonds is 5. The lowest BCUT2D eigenvalue weighted by atomic mass is 10.2. The van der Waals surface area contributed by atoms with Gasteiger partial charge in [0.1, 0.15) is 0 Å². The van der Waals surface area contributed by atoms with E-state index in [4.69, 9.17) is 11.6 Å². The van der Waals surface area contributed by atoms with E-state index < -0.39 is 12.7 Å². The molecule has 0 saturated heterocycles. The van der Waals surface area contributed by atoms with Crippen LogP contribution in [0.4, 0.5) is 13.2 Å². The van der Waals surface area contributed by atoms with Crippen LogP contribution in [0, 0.1) is 5.92 Å². The van der Waals surface area contributed by atoms with Gasteiger partial charge in [-0.15, -0.1) is 11.6 Å². The van der Waals surface area contributed by atoms with Crippen LogP contribution in [0.1, 0.15) is 20.8 Å². The molecule has 1 unspecified atom stereocenters. The summed E-state index contributed by atoms with van der Waals surface area (Å²) in [7, 11) is 0. The van der Waals surface area contributed by atoms with Crippen LogP contribution in [-0.4, -0.2) is 36.1 Å². The summed E-state index contributed by atoms with van der Waals surface area (Å²) in [4.78, 5) is 1.40. The highest BCUT2D eigenvalue weighted by atomic mass is 35.5. The average Bonchev–Trinajstić information content (AvgIpc) is 2.00. The Morgan fingerprint density at radius 2 is 1.71 bits per heavy atom. The lowest BCUT2D eigenvalue weighted by molar-refractivity contribution is -0.150. The lowest BCUT2D eigenvalue weighted by Gasteiger charge is -2.29. The van der Waals surface area contributed by atoms with Gasteiger partial charge in [0.15, 0.2) is 0 Å². The highest BCUT2D eigenvalue weighted by Crippen LogP contribution is 2.19. The predicted octanol–water partition coefficient (Wildman–Crippen LogP) is 3.13. The van der Waals surface area contributed by atoms with Crippen molar-refractivity contribution >= 4 is 11.6 Å². The normalized spacial score (nSPS) is 15.2. The highest BCUT2D eigenvalue weighted by molar-refractivity contribution is 6.18. The van der Waals surface area contributed by atoms with Crippen LogP contribution in [-0.2, 0) is 0 Å². The third kappa shape index (κ3) is 6.49. The third-order valence-corrected chi connectivity index (χ3v) is 2.45. The Kier molecular flexibility index (Phi) is 5.83. The summed E-state index contributed by atoms with van der Waals surface area (Å²) in [5.74, 6) is 0.475. The van der Waals surface area contributed by atoms with Crippen LogP contribution >= 0.6 is 11.6 Å². The number of hydrogen-bond acceptors (Lipinski definition) is 1. The van der Waals surface area contributed by atoms with E-state index in [0.717, 1.165) is 0 Å². The first-order chi connectivity index (χ1) is 6.26. The zero-order valence-corrected chi connectivity index (χ0v) is 9.49. The van der Waals surface area contributed by atoms with E-state index in [-0.39, 0.29) is 12.0 Å². The molecule has 5 heteroatoms. The number of halogens is 4. The standard InChI is InChI=1S/C9H17ClF3N/c1-7(2)14(5-8(3)4-10)6-9(11,12)13/h7-8H,4-6H2,1-3H3. The number of alkyl halides is 4. The maximum Gasteiger partial charge on any atom is 0.401 e. The average molecular weight is 232 g/mol. The number of nitrogens with zero attached hydrogens (tertiary/aromatic N) is 1. The minimum atomic E-state index is -4.13. The first kappa shape index (κ1) is 14.0. The summed E-state index contributed by atoms with van der Waals surface area (Å²) in [5, 5.41) is 0. The van der Waals surface area contributed by atoms with Crippen molar-refractivity contribution in [1.29, 1.82) is 0 Å². The van der Waals surface area contributed by atoms with Crippen molar-refractivity contribution in [3.63, 3.8) is 0 Å². The maximum atomic E-state index is 12.1. The molecule has 1 atom stereocenters. The SMILES string of the molecule is CC(CCl)CN(CC(F)(F)F)C(C)C. The molecule has 0 heterocycles. The Hall–Kier alpha value is 0.0400. The maximum absolute atomic E-state index is 12.1. The van der Waals surface area contributed by atoms with E-state index in [0.29, 0.717) is 12.4 Å². The van der Waals surface area contributed by atoms with Crippen molar-refractivity contribution in [2.75, 3.05) is 19.0 Å². The van der Waals surface area contributed by atoms with Gasteiger partial charge >= 0.3 is 6.18 Å². The van der Waals surface area contributed by atoms with E-state index in [1.165, 1.54) is 4.90 Å². The smallest absolute Gasteiger partial charge is 0.292 e. The molecule has 0 aliphatic carbocycles. The molecule has 0 N–H and O–H groups in total. The molecular formula is C9H17ClF3N. The fraction of sp³-hybridized carbons (Fsp3) is 1.00. The first-order valence-electron chi connectivity index (χ1n) is 4.63. The van der Waals surface area contributed by atoms with Crippen LogP contribution in [0.5, 0.6) is 0 Å². The fourth-order valence-corrected chi connectivity index (χ4v) is 1.23. The molecule has 0 spiro atoms. The molecule has 0 fully saturated rings. The monoisotopic (exact) mass is 231 g/mol. The molecule has 0 aromatic rings. The molecule has 0 aliphatic heterocycles. The van der Waals surface area contributed by atoms with Crippen molar-refractivity contribution in [1.82, 2.24) is 4.90 Å². The molecular weight excluding hydrogens is 215 g/mol. The molecule has 0 radical (unpaired) electrons. The zero-order valence-electron chi connectivity index (χ0n) is 8.74. The summed E-state index contributed by atoms with van der Waals surface area (Å²) in [6.07, 6.45) is -4.13. The van der Waals surface area contributed by atoms with Gasteiger partial charge in [-0.25, -0.2) is 0 Å². The van der Waals surface area contributed by atoms with E-state index in [9.17, 15) is 13.2 Å². The summed E-state index contributed by atoms with van der Waals surface area (Å²) < 4.78 is 36.4. The minimum absolute atomic E-state index is 0.0846. The summed E-state index contributed by atoms with van der Waals surface area (Å²) in [6.45, 7) is 4.89. The zero-order chi connectivity index (χ0) is 11.4.